The molecule has 9 rings (SSSR count). The van der Waals surface area contributed by atoms with Crippen molar-refractivity contribution in [3.8, 4) is 78.8 Å². The highest BCUT2D eigenvalue weighted by Crippen LogP contribution is 2.36. The molecule has 9 aromatic rings. The zero-order valence-electron chi connectivity index (χ0n) is 29.1. The number of aryl methyl sites for hydroxylation is 1. The fourth-order valence-electron chi connectivity index (χ4n) is 6.81. The van der Waals surface area contributed by atoms with E-state index >= 15 is 0 Å². The molecule has 0 aliphatic rings. The lowest BCUT2D eigenvalue weighted by molar-refractivity contribution is 1.07. The van der Waals surface area contributed by atoms with Crippen molar-refractivity contribution < 1.29 is 0 Å². The van der Waals surface area contributed by atoms with Gasteiger partial charge in [-0.25, -0.2) is 15.0 Å². The van der Waals surface area contributed by atoms with E-state index in [1.54, 1.807) is 0 Å². The number of hydrogen-bond acceptors (Lipinski definition) is 5. The van der Waals surface area contributed by atoms with Crippen LogP contribution in [0.2, 0.25) is 0 Å². The van der Waals surface area contributed by atoms with Gasteiger partial charge in [-0.1, -0.05) is 140 Å². The number of nitrogens with zero attached hydrogens (tertiary/aromatic N) is 5. The van der Waals surface area contributed by atoms with Crippen LogP contribution in [0.15, 0.2) is 182 Å². The molecule has 0 amide bonds. The molecule has 6 aromatic carbocycles. The van der Waals surface area contributed by atoms with E-state index in [9.17, 15) is 0 Å². The standard InChI is InChI=1S/C48H33N5/c1-32-25-39(33-13-5-2-6-14-33)29-45(50-32)35-23-21-34(22-24-35)40-26-41(44-31-49-30-38-19-11-12-20-43(38)44)28-42(27-40)48-52-46(36-15-7-3-8-16-36)51-47(53-48)37-17-9-4-10-18-37/h2-31H,1H3. The predicted octanol–water partition coefficient (Wildman–Crippen LogP) is 11.8. The Bertz CT molecular complexity index is 2650. The fourth-order valence-corrected chi connectivity index (χ4v) is 6.81. The monoisotopic (exact) mass is 679 g/mol. The summed E-state index contributed by atoms with van der Waals surface area (Å²) in [5.41, 5.74) is 12.2. The molecule has 250 valence electrons. The van der Waals surface area contributed by atoms with Crippen LogP contribution in [-0.2, 0) is 0 Å². The fraction of sp³-hybridized carbons (Fsp3) is 0.0208. The van der Waals surface area contributed by atoms with Crippen LogP contribution in [0.1, 0.15) is 5.69 Å². The number of aromatic nitrogens is 5. The van der Waals surface area contributed by atoms with Crippen molar-refractivity contribution in [2.24, 2.45) is 0 Å². The van der Waals surface area contributed by atoms with Crippen molar-refractivity contribution in [2.45, 2.75) is 6.92 Å². The highest BCUT2D eigenvalue weighted by atomic mass is 15.0. The molecule has 0 saturated carbocycles. The molecule has 53 heavy (non-hydrogen) atoms. The highest BCUT2D eigenvalue weighted by molar-refractivity contribution is 5.97. The second kappa shape index (κ2) is 13.9. The van der Waals surface area contributed by atoms with Gasteiger partial charge < -0.3 is 0 Å². The van der Waals surface area contributed by atoms with E-state index in [-0.39, 0.29) is 0 Å². The zero-order valence-corrected chi connectivity index (χ0v) is 29.1. The van der Waals surface area contributed by atoms with Gasteiger partial charge in [-0.05, 0) is 70.5 Å². The summed E-state index contributed by atoms with van der Waals surface area (Å²) in [7, 11) is 0. The van der Waals surface area contributed by atoms with Crippen LogP contribution >= 0.6 is 0 Å². The summed E-state index contributed by atoms with van der Waals surface area (Å²) in [4.78, 5) is 24.6. The highest BCUT2D eigenvalue weighted by Gasteiger charge is 2.16. The molecule has 0 spiro atoms. The average molecular weight is 680 g/mol. The second-order valence-corrected chi connectivity index (χ2v) is 13.1. The van der Waals surface area contributed by atoms with Crippen LogP contribution in [0.3, 0.4) is 0 Å². The zero-order chi connectivity index (χ0) is 35.6. The van der Waals surface area contributed by atoms with Crippen molar-refractivity contribution in [3.05, 3.63) is 188 Å². The SMILES string of the molecule is Cc1cc(-c2ccccc2)cc(-c2ccc(-c3cc(-c4nc(-c5ccccc5)nc(-c5ccccc5)n4)cc(-c4cncc5ccccc45)c3)cc2)n1. The Morgan fingerprint density at radius 3 is 1.49 bits per heavy atom. The molecule has 0 aliphatic carbocycles. The van der Waals surface area contributed by atoms with Crippen LogP contribution in [0.25, 0.3) is 89.6 Å². The Balaban J connectivity index is 1.20. The van der Waals surface area contributed by atoms with E-state index in [4.69, 9.17) is 19.9 Å². The molecule has 0 saturated heterocycles. The number of hydrogen-bond donors (Lipinski definition) is 0. The molecule has 0 N–H and O–H groups in total. The summed E-state index contributed by atoms with van der Waals surface area (Å²) >= 11 is 0. The van der Waals surface area contributed by atoms with Gasteiger partial charge in [-0.2, -0.15) is 0 Å². The summed E-state index contributed by atoms with van der Waals surface area (Å²) in [5, 5.41) is 2.21. The van der Waals surface area contributed by atoms with Crippen LogP contribution in [0.4, 0.5) is 0 Å². The van der Waals surface area contributed by atoms with Gasteiger partial charge in [-0.15, -0.1) is 0 Å². The van der Waals surface area contributed by atoms with E-state index in [0.29, 0.717) is 17.5 Å². The topological polar surface area (TPSA) is 64.5 Å². The van der Waals surface area contributed by atoms with Crippen LogP contribution in [0.5, 0.6) is 0 Å². The lowest BCUT2D eigenvalue weighted by Crippen LogP contribution is -2.00. The lowest BCUT2D eigenvalue weighted by atomic mass is 9.93. The third-order valence-corrected chi connectivity index (χ3v) is 9.44. The van der Waals surface area contributed by atoms with Gasteiger partial charge in [0, 0.05) is 51.3 Å². The predicted molar refractivity (Wildman–Crippen MR) is 216 cm³/mol. The summed E-state index contributed by atoms with van der Waals surface area (Å²) in [5.74, 6) is 1.85. The van der Waals surface area contributed by atoms with Gasteiger partial charge in [0.1, 0.15) is 0 Å². The van der Waals surface area contributed by atoms with Gasteiger partial charge in [0.05, 0.1) is 5.69 Å². The minimum absolute atomic E-state index is 0.600. The van der Waals surface area contributed by atoms with Crippen molar-refractivity contribution in [2.75, 3.05) is 0 Å². The second-order valence-electron chi connectivity index (χ2n) is 13.1. The normalized spacial score (nSPS) is 11.1. The minimum atomic E-state index is 0.600. The number of benzene rings is 6. The first-order valence-corrected chi connectivity index (χ1v) is 17.7. The summed E-state index contributed by atoms with van der Waals surface area (Å²) in [6.07, 6.45) is 3.86. The van der Waals surface area contributed by atoms with Gasteiger partial charge in [0.15, 0.2) is 17.5 Å². The molecular formula is C48H33N5. The largest absolute Gasteiger partial charge is 0.263 e. The van der Waals surface area contributed by atoms with Gasteiger partial charge in [-0.3, -0.25) is 9.97 Å². The molecular weight excluding hydrogens is 647 g/mol. The maximum atomic E-state index is 5.08. The van der Waals surface area contributed by atoms with Crippen molar-refractivity contribution in [3.63, 3.8) is 0 Å². The number of fused-ring (bicyclic) bond motifs is 1. The molecule has 0 atom stereocenters. The van der Waals surface area contributed by atoms with E-state index in [1.165, 1.54) is 5.56 Å². The third kappa shape index (κ3) is 6.60. The van der Waals surface area contributed by atoms with Crippen molar-refractivity contribution in [1.29, 1.82) is 0 Å². The van der Waals surface area contributed by atoms with E-state index < -0.39 is 0 Å². The summed E-state index contributed by atoms with van der Waals surface area (Å²) in [6.45, 7) is 2.05. The van der Waals surface area contributed by atoms with Gasteiger partial charge in [0.25, 0.3) is 0 Å². The van der Waals surface area contributed by atoms with Gasteiger partial charge in [0.2, 0.25) is 0 Å². The third-order valence-electron chi connectivity index (χ3n) is 9.44. The van der Waals surface area contributed by atoms with Crippen molar-refractivity contribution >= 4 is 10.8 Å². The first-order chi connectivity index (χ1) is 26.1. The Labute approximate surface area is 308 Å². The lowest BCUT2D eigenvalue weighted by Gasteiger charge is -2.14. The van der Waals surface area contributed by atoms with Crippen LogP contribution < -0.4 is 0 Å². The molecule has 3 aromatic heterocycles. The van der Waals surface area contributed by atoms with Crippen molar-refractivity contribution in [1.82, 2.24) is 24.9 Å². The maximum Gasteiger partial charge on any atom is 0.164 e. The Morgan fingerprint density at radius 2 is 0.830 bits per heavy atom. The van der Waals surface area contributed by atoms with E-state index in [1.807, 2.05) is 92.1 Å². The molecule has 0 aliphatic heterocycles. The molecule has 3 heterocycles. The molecule has 5 nitrogen and oxygen atoms in total. The molecule has 0 unspecified atom stereocenters. The maximum absolute atomic E-state index is 5.08. The van der Waals surface area contributed by atoms with Crippen LogP contribution in [-0.4, -0.2) is 24.9 Å². The van der Waals surface area contributed by atoms with Gasteiger partial charge >= 0.3 is 0 Å². The number of rotatable bonds is 7. The first kappa shape index (κ1) is 31.8. The first-order valence-electron chi connectivity index (χ1n) is 17.7. The van der Waals surface area contributed by atoms with Crippen LogP contribution in [0, 0.1) is 6.92 Å². The smallest absolute Gasteiger partial charge is 0.164 e. The Kier molecular flexibility index (Phi) is 8.35. The number of pyridine rings is 2. The summed E-state index contributed by atoms with van der Waals surface area (Å²) < 4.78 is 0. The molecule has 0 bridgehead atoms. The Morgan fingerprint density at radius 1 is 0.340 bits per heavy atom. The molecule has 0 fully saturated rings. The minimum Gasteiger partial charge on any atom is -0.263 e. The summed E-state index contributed by atoms with van der Waals surface area (Å²) in [6, 6.07) is 58.5. The van der Waals surface area contributed by atoms with E-state index in [2.05, 4.69) is 102 Å². The van der Waals surface area contributed by atoms with E-state index in [0.717, 1.165) is 72.2 Å². The molecule has 5 heteroatoms. The Hall–Kier alpha value is -7.11. The average Bonchev–Trinajstić information content (AvgIpc) is 3.24. The molecule has 0 radical (unpaired) electrons. The quantitative estimate of drug-likeness (QED) is 0.168.